The lowest BCUT2D eigenvalue weighted by molar-refractivity contribution is 0.0599. The molecule has 1 heterocycles. The first-order valence-electron chi connectivity index (χ1n) is 9.12. The van der Waals surface area contributed by atoms with Crippen LogP contribution in [0.4, 0.5) is 21.9 Å². The van der Waals surface area contributed by atoms with Crippen molar-refractivity contribution in [2.24, 2.45) is 0 Å². The molecule has 0 aliphatic rings. The molecule has 0 aliphatic carbocycles. The molecule has 3 aromatic rings. The molecular weight excluding hydrogens is 470 g/mol. The molecule has 2 aromatic carbocycles. The highest BCUT2D eigenvalue weighted by Gasteiger charge is 2.19. The van der Waals surface area contributed by atoms with Gasteiger partial charge in [0, 0.05) is 16.8 Å². The predicted octanol–water partition coefficient (Wildman–Crippen LogP) is 3.25. The van der Waals surface area contributed by atoms with Crippen LogP contribution in [0.5, 0.6) is 0 Å². The molecule has 11 nitrogen and oxygen atoms in total. The van der Waals surface area contributed by atoms with Gasteiger partial charge < -0.3 is 20.1 Å². The van der Waals surface area contributed by atoms with E-state index in [0.29, 0.717) is 11.4 Å². The number of nitrogens with zero attached hydrogens (tertiary/aromatic N) is 3. The van der Waals surface area contributed by atoms with Crippen molar-refractivity contribution >= 4 is 65.3 Å². The van der Waals surface area contributed by atoms with E-state index in [0.717, 1.165) is 15.8 Å². The van der Waals surface area contributed by atoms with Crippen molar-refractivity contribution in [3.05, 3.63) is 64.7 Å². The first-order valence-corrected chi connectivity index (χ1v) is 10.4. The quantitative estimate of drug-likeness (QED) is 0.356. The molecule has 0 saturated carbocycles. The van der Waals surface area contributed by atoms with Gasteiger partial charge >= 0.3 is 18.0 Å². The van der Waals surface area contributed by atoms with Crippen molar-refractivity contribution in [3.8, 4) is 0 Å². The lowest BCUT2D eigenvalue weighted by atomic mass is 10.1. The number of carbonyl (C=O) groups excluding carboxylic acids is 4. The van der Waals surface area contributed by atoms with Crippen LogP contribution >= 0.6 is 24.3 Å². The van der Waals surface area contributed by atoms with Gasteiger partial charge in [0.25, 0.3) is 5.91 Å². The summed E-state index contributed by atoms with van der Waals surface area (Å²) >= 11 is 5.25. The SMILES string of the molecule is COC(=O)c1cc(C(=O)OC)cc(N(S)C(=O)Nc2ccc(NC(=O)c3csnn3)cc2)c1. The molecule has 0 bridgehead atoms. The molecule has 1 aromatic heterocycles. The van der Waals surface area contributed by atoms with Crippen molar-refractivity contribution in [2.45, 2.75) is 0 Å². The van der Waals surface area contributed by atoms with E-state index in [-0.39, 0.29) is 22.5 Å². The normalized spacial score (nSPS) is 10.2. The third kappa shape index (κ3) is 5.84. The van der Waals surface area contributed by atoms with Crippen molar-refractivity contribution in [1.82, 2.24) is 9.59 Å². The number of nitrogens with one attached hydrogen (secondary N) is 2. The maximum atomic E-state index is 12.7. The minimum Gasteiger partial charge on any atom is -0.465 e. The van der Waals surface area contributed by atoms with Crippen LogP contribution in [0.25, 0.3) is 0 Å². The molecule has 3 amide bonds. The molecule has 0 unspecified atom stereocenters. The lowest BCUT2D eigenvalue weighted by Crippen LogP contribution is -2.27. The zero-order valence-corrected chi connectivity index (χ0v) is 19.0. The fourth-order valence-electron chi connectivity index (χ4n) is 2.59. The molecule has 0 saturated heterocycles. The van der Waals surface area contributed by atoms with Crippen LogP contribution < -0.4 is 14.9 Å². The van der Waals surface area contributed by atoms with Gasteiger partial charge in [0.05, 0.1) is 31.0 Å². The Morgan fingerprint density at radius 2 is 1.45 bits per heavy atom. The second kappa shape index (κ2) is 10.6. The fraction of sp³-hybridized carbons (Fsp3) is 0.100. The first kappa shape index (κ1) is 23.7. The molecule has 0 spiro atoms. The van der Waals surface area contributed by atoms with Gasteiger partial charge in [0.1, 0.15) is 0 Å². The molecule has 0 aliphatic heterocycles. The number of benzene rings is 2. The van der Waals surface area contributed by atoms with Crippen LogP contribution in [-0.2, 0) is 9.47 Å². The average Bonchev–Trinajstić information content (AvgIpc) is 3.38. The summed E-state index contributed by atoms with van der Waals surface area (Å²) in [4.78, 5) is 48.6. The molecular formula is C20H17N5O6S2. The van der Waals surface area contributed by atoms with Crippen LogP contribution in [0.2, 0.25) is 0 Å². The molecule has 170 valence electrons. The van der Waals surface area contributed by atoms with E-state index in [1.54, 1.807) is 24.3 Å². The molecule has 3 rings (SSSR count). The van der Waals surface area contributed by atoms with Crippen LogP contribution in [0.3, 0.4) is 0 Å². The number of anilines is 3. The Kier molecular flexibility index (Phi) is 7.58. The van der Waals surface area contributed by atoms with Gasteiger partial charge in [-0.2, -0.15) is 0 Å². The number of aromatic nitrogens is 2. The second-order valence-electron chi connectivity index (χ2n) is 6.32. The van der Waals surface area contributed by atoms with Gasteiger partial charge in [-0.1, -0.05) is 17.3 Å². The van der Waals surface area contributed by atoms with Gasteiger partial charge in [-0.3, -0.25) is 4.79 Å². The van der Waals surface area contributed by atoms with E-state index in [1.807, 2.05) is 0 Å². The average molecular weight is 488 g/mol. The molecule has 0 radical (unpaired) electrons. The van der Waals surface area contributed by atoms with Gasteiger partial charge in [0.2, 0.25) is 0 Å². The van der Waals surface area contributed by atoms with E-state index in [4.69, 9.17) is 0 Å². The molecule has 2 N–H and O–H groups in total. The molecule has 0 fully saturated rings. The second-order valence-corrected chi connectivity index (χ2v) is 7.33. The maximum Gasteiger partial charge on any atom is 0.337 e. The number of carbonyl (C=O) groups is 4. The van der Waals surface area contributed by atoms with Crippen LogP contribution in [0.15, 0.2) is 47.8 Å². The monoisotopic (exact) mass is 487 g/mol. The van der Waals surface area contributed by atoms with E-state index < -0.39 is 23.9 Å². The Hall–Kier alpha value is -3.97. The Balaban J connectivity index is 1.72. The summed E-state index contributed by atoms with van der Waals surface area (Å²) in [6, 6.07) is 9.62. The summed E-state index contributed by atoms with van der Waals surface area (Å²) in [7, 11) is 2.38. The van der Waals surface area contributed by atoms with Crippen molar-refractivity contribution < 1.29 is 28.7 Å². The number of rotatable bonds is 6. The van der Waals surface area contributed by atoms with Gasteiger partial charge in [0.15, 0.2) is 5.69 Å². The Labute approximate surface area is 197 Å². The van der Waals surface area contributed by atoms with E-state index in [1.165, 1.54) is 37.8 Å². The number of hydrogen-bond acceptors (Lipinski definition) is 10. The third-order valence-corrected chi connectivity index (χ3v) is 5.10. The number of urea groups is 1. The summed E-state index contributed by atoms with van der Waals surface area (Å²) in [6.45, 7) is 0. The van der Waals surface area contributed by atoms with Crippen molar-refractivity contribution in [1.29, 1.82) is 0 Å². The zero-order chi connectivity index (χ0) is 24.0. The molecule has 13 heteroatoms. The molecule has 0 atom stereocenters. The first-order chi connectivity index (χ1) is 15.8. The fourth-order valence-corrected chi connectivity index (χ4v) is 3.20. The van der Waals surface area contributed by atoms with Crippen molar-refractivity contribution in [2.75, 3.05) is 29.2 Å². The zero-order valence-electron chi connectivity index (χ0n) is 17.3. The maximum absolute atomic E-state index is 12.7. The number of methoxy groups -OCH3 is 2. The summed E-state index contributed by atoms with van der Waals surface area (Å²) in [6.07, 6.45) is 0. The number of ether oxygens (including phenoxy) is 2. The Morgan fingerprint density at radius 3 is 1.94 bits per heavy atom. The predicted molar refractivity (Wildman–Crippen MR) is 124 cm³/mol. The summed E-state index contributed by atoms with van der Waals surface area (Å²) < 4.78 is 13.9. The van der Waals surface area contributed by atoms with E-state index in [2.05, 4.69) is 42.5 Å². The number of thiol groups is 1. The lowest BCUT2D eigenvalue weighted by Gasteiger charge is -2.18. The van der Waals surface area contributed by atoms with Gasteiger partial charge in [-0.25, -0.2) is 18.7 Å². The highest BCUT2D eigenvalue weighted by atomic mass is 32.1. The van der Waals surface area contributed by atoms with Gasteiger partial charge in [-0.05, 0) is 54.0 Å². The van der Waals surface area contributed by atoms with Crippen LogP contribution in [0.1, 0.15) is 31.2 Å². The largest absolute Gasteiger partial charge is 0.465 e. The number of amides is 3. The summed E-state index contributed by atoms with van der Waals surface area (Å²) in [5, 5.41) is 10.5. The highest BCUT2D eigenvalue weighted by molar-refractivity contribution is 7.82. The minimum absolute atomic E-state index is 0.0395. The Morgan fingerprint density at radius 1 is 0.909 bits per heavy atom. The molecule has 33 heavy (non-hydrogen) atoms. The van der Waals surface area contributed by atoms with E-state index >= 15 is 0 Å². The highest BCUT2D eigenvalue weighted by Crippen LogP contribution is 2.24. The smallest absolute Gasteiger partial charge is 0.337 e. The summed E-state index contributed by atoms with van der Waals surface area (Å²) in [5.74, 6) is -1.81. The standard InChI is InChI=1S/C20H17N5O6S2/c1-30-18(27)11-7-12(19(28)31-2)9-15(8-11)25(32)20(29)22-14-5-3-13(4-6-14)21-17(26)16-10-33-24-23-16/h3-10,32H,1-2H3,(H,21,26)(H,22,29). The van der Waals surface area contributed by atoms with Crippen LogP contribution in [-0.4, -0.2) is 47.7 Å². The summed E-state index contributed by atoms with van der Waals surface area (Å²) in [5.41, 5.74) is 1.31. The Bertz CT molecular complexity index is 1150. The number of esters is 2. The van der Waals surface area contributed by atoms with Crippen LogP contribution in [0, 0.1) is 0 Å². The van der Waals surface area contributed by atoms with Crippen molar-refractivity contribution in [3.63, 3.8) is 0 Å². The minimum atomic E-state index is -0.699. The van der Waals surface area contributed by atoms with Gasteiger partial charge in [-0.15, -0.1) is 5.10 Å². The topological polar surface area (TPSA) is 140 Å². The number of hydrogen-bond donors (Lipinski definition) is 3. The van der Waals surface area contributed by atoms with E-state index in [9.17, 15) is 19.2 Å². The third-order valence-electron chi connectivity index (χ3n) is 4.18.